The van der Waals surface area contributed by atoms with Crippen molar-refractivity contribution < 1.29 is 10.2 Å². The Balaban J connectivity index is 2.24. The monoisotopic (exact) mass is 473 g/mol. The maximum absolute atomic E-state index is 11.3. The van der Waals surface area contributed by atoms with Gasteiger partial charge in [0.15, 0.2) is 0 Å². The largest absolute Gasteiger partial charge is 0.507 e. The Morgan fingerprint density at radius 3 is 2.06 bits per heavy atom. The quantitative estimate of drug-likeness (QED) is 0.446. The third-order valence-corrected chi connectivity index (χ3v) is 5.85. The first-order chi connectivity index (χ1) is 14.8. The van der Waals surface area contributed by atoms with Crippen LogP contribution >= 0.6 is 23.2 Å². The van der Waals surface area contributed by atoms with Gasteiger partial charge < -0.3 is 10.2 Å². The molecule has 3 rings (SSSR count). The molecule has 7 heteroatoms. The molecule has 2 N–H and O–H groups in total. The number of hydrogen-bond donors (Lipinski definition) is 2. The van der Waals surface area contributed by atoms with Crippen LogP contribution < -0.4 is 0 Å². The van der Waals surface area contributed by atoms with Crippen molar-refractivity contribution in [3.05, 3.63) is 75.3 Å². The van der Waals surface area contributed by atoms with Crippen LogP contribution in [0.4, 0.5) is 0 Å². The van der Waals surface area contributed by atoms with Crippen LogP contribution in [0.15, 0.2) is 43.0 Å². The van der Waals surface area contributed by atoms with Gasteiger partial charge in [-0.15, -0.1) is 0 Å². The second-order valence-electron chi connectivity index (χ2n) is 9.94. The molecule has 0 aliphatic rings. The summed E-state index contributed by atoms with van der Waals surface area (Å²) in [5.74, 6) is 0.297. The zero-order valence-corrected chi connectivity index (χ0v) is 20.7. The molecule has 1 heterocycles. The van der Waals surface area contributed by atoms with Gasteiger partial charge in [0.1, 0.15) is 24.5 Å². The summed E-state index contributed by atoms with van der Waals surface area (Å²) >= 11 is 12.4. The second-order valence-corrected chi connectivity index (χ2v) is 10.8. The minimum absolute atomic E-state index is 0.278. The normalized spacial score (nSPS) is 14.0. The van der Waals surface area contributed by atoms with Crippen LogP contribution in [0.5, 0.6) is 5.75 Å². The summed E-state index contributed by atoms with van der Waals surface area (Å²) in [5, 5.41) is 27.4. The molecule has 0 saturated carbocycles. The minimum atomic E-state index is -1.08. The van der Waals surface area contributed by atoms with Gasteiger partial charge in [-0.25, -0.2) is 9.67 Å². The molecule has 0 spiro atoms. The van der Waals surface area contributed by atoms with E-state index in [9.17, 15) is 10.2 Å². The molecule has 0 unspecified atom stereocenters. The van der Waals surface area contributed by atoms with E-state index in [0.717, 1.165) is 16.7 Å². The summed E-state index contributed by atoms with van der Waals surface area (Å²) in [6, 6.07) is 8.85. The fraction of sp³-hybridized carbons (Fsp3) is 0.360. The number of aliphatic hydroxyl groups is 1. The average molecular weight is 474 g/mol. The van der Waals surface area contributed by atoms with Crippen LogP contribution in [-0.4, -0.2) is 25.0 Å². The first-order valence-electron chi connectivity index (χ1n) is 10.4. The maximum atomic E-state index is 11.3. The SMILES string of the molecule is CC(C)(C)c1cc(/C=C(/[C@@H](O)c2ccc(Cl)cc2Cl)n2cncn2)cc(C(C)(C)C)c1O. The minimum Gasteiger partial charge on any atom is -0.507 e. The van der Waals surface area contributed by atoms with Crippen molar-refractivity contribution in [2.24, 2.45) is 0 Å². The Morgan fingerprint density at radius 1 is 1.00 bits per heavy atom. The van der Waals surface area contributed by atoms with Gasteiger partial charge in [-0.1, -0.05) is 70.8 Å². The van der Waals surface area contributed by atoms with Gasteiger partial charge in [0.05, 0.1) is 5.70 Å². The van der Waals surface area contributed by atoms with Crippen LogP contribution in [0.3, 0.4) is 0 Å². The molecule has 0 fully saturated rings. The van der Waals surface area contributed by atoms with E-state index in [1.807, 2.05) is 18.2 Å². The highest BCUT2D eigenvalue weighted by atomic mass is 35.5. The fourth-order valence-electron chi connectivity index (χ4n) is 3.55. The van der Waals surface area contributed by atoms with E-state index in [1.165, 1.54) is 17.3 Å². The Kier molecular flexibility index (Phi) is 6.75. The molecule has 2 aromatic carbocycles. The standard InChI is InChI=1S/C25H29Cl2N3O2/c1-24(2,3)18-9-15(10-19(23(18)32)25(4,5)6)11-21(30-14-28-13-29-30)22(31)17-8-7-16(26)12-20(17)27/h7-14,22,31-32H,1-6H3/b21-11-/t22-/m0/s1. The Hall–Kier alpha value is -2.34. The Labute approximate surface area is 199 Å². The molecular weight excluding hydrogens is 445 g/mol. The van der Waals surface area contributed by atoms with Crippen molar-refractivity contribution in [1.29, 1.82) is 0 Å². The summed E-state index contributed by atoms with van der Waals surface area (Å²) in [6.07, 6.45) is 3.69. The lowest BCUT2D eigenvalue weighted by Gasteiger charge is -2.28. The summed E-state index contributed by atoms with van der Waals surface area (Å²) in [6.45, 7) is 12.3. The molecule has 0 aliphatic heterocycles. The molecular formula is C25H29Cl2N3O2. The van der Waals surface area contributed by atoms with E-state index in [0.29, 0.717) is 27.1 Å². The number of aliphatic hydroxyl groups excluding tert-OH is 1. The van der Waals surface area contributed by atoms with Crippen molar-refractivity contribution >= 4 is 35.0 Å². The molecule has 170 valence electrons. The molecule has 0 saturated heterocycles. The molecule has 0 aliphatic carbocycles. The first kappa shape index (κ1) is 24.3. The molecule has 3 aromatic rings. The highest BCUT2D eigenvalue weighted by molar-refractivity contribution is 6.35. The molecule has 5 nitrogen and oxygen atoms in total. The van der Waals surface area contributed by atoms with Gasteiger partial charge in [-0.2, -0.15) is 5.10 Å². The number of hydrogen-bond acceptors (Lipinski definition) is 4. The summed E-state index contributed by atoms with van der Waals surface area (Å²) in [7, 11) is 0. The topological polar surface area (TPSA) is 71.2 Å². The molecule has 32 heavy (non-hydrogen) atoms. The third-order valence-electron chi connectivity index (χ3n) is 5.28. The zero-order chi connectivity index (χ0) is 23.8. The van der Waals surface area contributed by atoms with Crippen LogP contribution in [0.25, 0.3) is 11.8 Å². The summed E-state index contributed by atoms with van der Waals surface area (Å²) in [5.41, 5.74) is 2.90. The van der Waals surface area contributed by atoms with Crippen molar-refractivity contribution in [2.45, 2.75) is 58.5 Å². The van der Waals surface area contributed by atoms with Gasteiger partial charge in [-0.05, 0) is 46.7 Å². The second kappa shape index (κ2) is 8.89. The highest BCUT2D eigenvalue weighted by Crippen LogP contribution is 2.41. The van der Waals surface area contributed by atoms with E-state index in [4.69, 9.17) is 23.2 Å². The van der Waals surface area contributed by atoms with Gasteiger partial charge in [-0.3, -0.25) is 0 Å². The number of aromatic hydroxyl groups is 1. The Morgan fingerprint density at radius 2 is 1.59 bits per heavy atom. The number of phenols is 1. The van der Waals surface area contributed by atoms with Crippen molar-refractivity contribution in [2.75, 3.05) is 0 Å². The van der Waals surface area contributed by atoms with E-state index < -0.39 is 6.10 Å². The maximum Gasteiger partial charge on any atom is 0.138 e. The van der Waals surface area contributed by atoms with Gasteiger partial charge >= 0.3 is 0 Å². The highest BCUT2D eigenvalue weighted by Gasteiger charge is 2.27. The van der Waals surface area contributed by atoms with Crippen LogP contribution in [0.2, 0.25) is 10.0 Å². The lowest BCUT2D eigenvalue weighted by atomic mass is 9.78. The number of benzene rings is 2. The summed E-state index contributed by atoms with van der Waals surface area (Å²) < 4.78 is 1.51. The van der Waals surface area contributed by atoms with Crippen LogP contribution in [-0.2, 0) is 10.8 Å². The number of halogens is 2. The van der Waals surface area contributed by atoms with Crippen molar-refractivity contribution in [1.82, 2.24) is 14.8 Å². The fourth-order valence-corrected chi connectivity index (χ4v) is 4.06. The van der Waals surface area contributed by atoms with Gasteiger partial charge in [0.2, 0.25) is 0 Å². The van der Waals surface area contributed by atoms with Gasteiger partial charge in [0, 0.05) is 26.7 Å². The predicted molar refractivity (Wildman–Crippen MR) is 131 cm³/mol. The molecule has 1 atom stereocenters. The van der Waals surface area contributed by atoms with Crippen molar-refractivity contribution in [3.8, 4) is 5.75 Å². The van der Waals surface area contributed by atoms with E-state index in [1.54, 1.807) is 18.2 Å². The average Bonchev–Trinajstić information content (AvgIpc) is 3.19. The van der Waals surface area contributed by atoms with Crippen LogP contribution in [0, 0.1) is 0 Å². The predicted octanol–water partition coefficient (Wildman–Crippen LogP) is 6.62. The lowest BCUT2D eigenvalue weighted by Crippen LogP contribution is -2.17. The zero-order valence-electron chi connectivity index (χ0n) is 19.2. The number of rotatable bonds is 4. The van der Waals surface area contributed by atoms with Crippen molar-refractivity contribution in [3.63, 3.8) is 0 Å². The lowest BCUT2D eigenvalue weighted by molar-refractivity contribution is 0.231. The summed E-state index contributed by atoms with van der Waals surface area (Å²) in [4.78, 5) is 4.03. The third kappa shape index (κ3) is 5.17. The number of aromatic nitrogens is 3. The smallest absolute Gasteiger partial charge is 0.138 e. The molecule has 1 aromatic heterocycles. The molecule has 0 amide bonds. The van der Waals surface area contributed by atoms with E-state index in [-0.39, 0.29) is 10.8 Å². The number of phenolic OH excluding ortho intramolecular Hbond substituents is 1. The Bertz CT molecular complexity index is 1110. The van der Waals surface area contributed by atoms with Crippen LogP contribution in [0.1, 0.15) is 69.9 Å². The van der Waals surface area contributed by atoms with E-state index in [2.05, 4.69) is 51.6 Å². The first-order valence-corrected chi connectivity index (χ1v) is 11.1. The van der Waals surface area contributed by atoms with Gasteiger partial charge in [0.25, 0.3) is 0 Å². The number of nitrogens with zero attached hydrogens (tertiary/aromatic N) is 3. The molecule has 0 radical (unpaired) electrons. The van der Waals surface area contributed by atoms with E-state index >= 15 is 0 Å². The molecule has 0 bridgehead atoms.